The van der Waals surface area contributed by atoms with E-state index in [1.165, 1.54) is 31.2 Å². The zero-order chi connectivity index (χ0) is 27.1. The summed E-state index contributed by atoms with van der Waals surface area (Å²) < 4.78 is 5.62. The molecule has 0 radical (unpaired) electrons. The molecule has 36 heavy (non-hydrogen) atoms. The fourth-order valence-corrected chi connectivity index (χ4v) is 4.30. The maximum Gasteiger partial charge on any atom is 0.242 e. The standard InChI is InChI=1S/C27H52N4O5/c1-7-8-9-10-11-12-13-24(32)29-22(15-14-20(2)3)26(34)30-23-16-17-25(33)31(6)27(23,35)18-36-19-28-21(4)5/h20-23,28,35H,7-19H2,1-6H3,(H,29,32)(H,30,34)/t22-,23+,27?/m0/s1. The van der Waals surface area contributed by atoms with E-state index >= 15 is 0 Å². The zero-order valence-corrected chi connectivity index (χ0v) is 23.5. The van der Waals surface area contributed by atoms with Crippen LogP contribution in [0, 0.1) is 5.92 Å². The highest BCUT2D eigenvalue weighted by atomic mass is 16.5. The van der Waals surface area contributed by atoms with Gasteiger partial charge in [-0.3, -0.25) is 19.7 Å². The minimum Gasteiger partial charge on any atom is -0.367 e. The number of carbonyl (C=O) groups excluding carboxylic acids is 3. The van der Waals surface area contributed by atoms with Crippen molar-refractivity contribution in [2.75, 3.05) is 20.4 Å². The molecular formula is C27H52N4O5. The largest absolute Gasteiger partial charge is 0.367 e. The summed E-state index contributed by atoms with van der Waals surface area (Å²) in [7, 11) is 1.53. The summed E-state index contributed by atoms with van der Waals surface area (Å²) in [4.78, 5) is 39.5. The van der Waals surface area contributed by atoms with Crippen molar-refractivity contribution >= 4 is 17.7 Å². The van der Waals surface area contributed by atoms with Crippen molar-refractivity contribution in [2.45, 2.75) is 129 Å². The Kier molecular flexibility index (Phi) is 15.2. The van der Waals surface area contributed by atoms with Gasteiger partial charge in [-0.2, -0.15) is 0 Å². The predicted octanol–water partition coefficient (Wildman–Crippen LogP) is 3.06. The summed E-state index contributed by atoms with van der Waals surface area (Å²) in [6.45, 7) is 10.4. The first-order valence-electron chi connectivity index (χ1n) is 13.9. The molecule has 1 fully saturated rings. The molecule has 9 nitrogen and oxygen atoms in total. The van der Waals surface area contributed by atoms with Crippen LogP contribution in [0.25, 0.3) is 0 Å². The van der Waals surface area contributed by atoms with Gasteiger partial charge in [0.1, 0.15) is 6.04 Å². The van der Waals surface area contributed by atoms with E-state index < -0.39 is 17.8 Å². The van der Waals surface area contributed by atoms with E-state index in [1.54, 1.807) is 0 Å². The van der Waals surface area contributed by atoms with Gasteiger partial charge in [0.05, 0.1) is 19.4 Å². The van der Waals surface area contributed by atoms with Crippen LogP contribution < -0.4 is 16.0 Å². The molecule has 1 heterocycles. The molecule has 1 aliphatic heterocycles. The first-order chi connectivity index (χ1) is 17.0. The van der Waals surface area contributed by atoms with E-state index in [1.807, 2.05) is 13.8 Å². The summed E-state index contributed by atoms with van der Waals surface area (Å²) in [5.41, 5.74) is -1.67. The quantitative estimate of drug-likeness (QED) is 0.166. The molecule has 1 rings (SSSR count). The van der Waals surface area contributed by atoms with Crippen molar-refractivity contribution in [1.29, 1.82) is 0 Å². The molecule has 3 atom stereocenters. The van der Waals surface area contributed by atoms with Gasteiger partial charge in [0, 0.05) is 25.9 Å². The molecule has 1 saturated heterocycles. The monoisotopic (exact) mass is 512 g/mol. The van der Waals surface area contributed by atoms with Gasteiger partial charge >= 0.3 is 0 Å². The molecule has 0 aromatic heterocycles. The minimum atomic E-state index is -1.67. The first-order valence-corrected chi connectivity index (χ1v) is 13.9. The molecule has 3 amide bonds. The van der Waals surface area contributed by atoms with Crippen molar-refractivity contribution in [2.24, 2.45) is 5.92 Å². The summed E-state index contributed by atoms with van der Waals surface area (Å²) in [6.07, 6.45) is 8.76. The molecular weight excluding hydrogens is 460 g/mol. The van der Waals surface area contributed by atoms with Crippen LogP contribution in [0.1, 0.15) is 105 Å². The van der Waals surface area contributed by atoms with Crippen molar-refractivity contribution in [1.82, 2.24) is 20.9 Å². The van der Waals surface area contributed by atoms with E-state index in [0.717, 1.165) is 25.7 Å². The van der Waals surface area contributed by atoms with Crippen LogP contribution in [0.15, 0.2) is 0 Å². The highest BCUT2D eigenvalue weighted by Crippen LogP contribution is 2.27. The number of aliphatic hydroxyl groups is 1. The fourth-order valence-electron chi connectivity index (χ4n) is 4.30. The number of likely N-dealkylation sites (tertiary alicyclic amines) is 1. The van der Waals surface area contributed by atoms with Crippen molar-refractivity contribution in [3.63, 3.8) is 0 Å². The molecule has 0 saturated carbocycles. The highest BCUT2D eigenvalue weighted by Gasteiger charge is 2.48. The number of amides is 3. The lowest BCUT2D eigenvalue weighted by molar-refractivity contribution is -0.193. The van der Waals surface area contributed by atoms with Crippen LogP contribution in [-0.4, -0.2) is 72.0 Å². The lowest BCUT2D eigenvalue weighted by Crippen LogP contribution is -2.69. The SMILES string of the molecule is CCCCCCCCC(=O)N[C@@H](CCC(C)C)C(=O)N[C@@H]1CCC(=O)N(C)C1(O)COCNC(C)C. The molecule has 0 aromatic carbocycles. The average molecular weight is 513 g/mol. The summed E-state index contributed by atoms with van der Waals surface area (Å²) >= 11 is 0. The number of unbranched alkanes of at least 4 members (excludes halogenated alkanes) is 5. The van der Waals surface area contributed by atoms with Crippen LogP contribution >= 0.6 is 0 Å². The fraction of sp³-hybridized carbons (Fsp3) is 0.889. The van der Waals surface area contributed by atoms with E-state index in [-0.39, 0.29) is 43.5 Å². The van der Waals surface area contributed by atoms with Crippen molar-refractivity contribution in [3.8, 4) is 0 Å². The Balaban J connectivity index is 2.79. The Morgan fingerprint density at radius 2 is 1.78 bits per heavy atom. The minimum absolute atomic E-state index is 0.122. The van der Waals surface area contributed by atoms with Crippen molar-refractivity contribution in [3.05, 3.63) is 0 Å². The number of hydrogen-bond donors (Lipinski definition) is 4. The van der Waals surface area contributed by atoms with E-state index in [2.05, 4.69) is 36.7 Å². The zero-order valence-electron chi connectivity index (χ0n) is 23.5. The molecule has 1 unspecified atom stereocenters. The van der Waals surface area contributed by atoms with E-state index in [4.69, 9.17) is 4.74 Å². The van der Waals surface area contributed by atoms with Gasteiger partial charge in [-0.15, -0.1) is 0 Å². The Labute approximate surface area is 218 Å². The molecule has 0 aromatic rings. The number of nitrogens with one attached hydrogen (secondary N) is 3. The number of hydrogen-bond acceptors (Lipinski definition) is 6. The van der Waals surface area contributed by atoms with Crippen LogP contribution in [0.4, 0.5) is 0 Å². The summed E-state index contributed by atoms with van der Waals surface area (Å²) in [5, 5.41) is 20.4. The third-order valence-corrected chi connectivity index (χ3v) is 6.83. The average Bonchev–Trinajstić information content (AvgIpc) is 2.82. The van der Waals surface area contributed by atoms with Gasteiger partial charge in [0.2, 0.25) is 17.7 Å². The molecule has 1 aliphatic rings. The van der Waals surface area contributed by atoms with Gasteiger partial charge in [-0.25, -0.2) is 0 Å². The van der Waals surface area contributed by atoms with E-state index in [0.29, 0.717) is 25.2 Å². The molecule has 0 spiro atoms. The number of nitrogens with zero attached hydrogens (tertiary/aromatic N) is 1. The van der Waals surface area contributed by atoms with Crippen LogP contribution in [0.3, 0.4) is 0 Å². The lowest BCUT2D eigenvalue weighted by atomic mass is 9.92. The molecule has 9 heteroatoms. The number of likely N-dealkylation sites (N-methyl/N-ethyl adjacent to an activating group) is 1. The summed E-state index contributed by atoms with van der Waals surface area (Å²) in [6, 6.07) is -1.18. The Morgan fingerprint density at radius 1 is 1.11 bits per heavy atom. The number of ether oxygens (including phenoxy) is 1. The van der Waals surface area contributed by atoms with Crippen LogP contribution in [0.2, 0.25) is 0 Å². The lowest BCUT2D eigenvalue weighted by Gasteiger charge is -2.46. The van der Waals surface area contributed by atoms with Gasteiger partial charge in [0.25, 0.3) is 0 Å². The van der Waals surface area contributed by atoms with Crippen LogP contribution in [0.5, 0.6) is 0 Å². The molecule has 210 valence electrons. The second-order valence-electron chi connectivity index (χ2n) is 10.9. The molecule has 0 aliphatic carbocycles. The first kappa shape index (κ1) is 32.3. The maximum atomic E-state index is 13.3. The topological polar surface area (TPSA) is 120 Å². The highest BCUT2D eigenvalue weighted by molar-refractivity contribution is 5.88. The smallest absolute Gasteiger partial charge is 0.242 e. The Morgan fingerprint density at radius 3 is 2.42 bits per heavy atom. The third-order valence-electron chi connectivity index (χ3n) is 6.83. The maximum absolute atomic E-state index is 13.3. The number of piperidine rings is 1. The summed E-state index contributed by atoms with van der Waals surface area (Å²) in [5.74, 6) is -0.276. The predicted molar refractivity (Wildman–Crippen MR) is 142 cm³/mol. The van der Waals surface area contributed by atoms with Gasteiger partial charge < -0.3 is 25.4 Å². The normalized spacial score (nSPS) is 21.2. The second kappa shape index (κ2) is 16.9. The molecule has 4 N–H and O–H groups in total. The third kappa shape index (κ3) is 11.6. The van der Waals surface area contributed by atoms with Gasteiger partial charge in [-0.1, -0.05) is 52.9 Å². The van der Waals surface area contributed by atoms with Crippen molar-refractivity contribution < 1.29 is 24.2 Å². The number of rotatable bonds is 18. The Bertz CT molecular complexity index is 673. The van der Waals surface area contributed by atoms with E-state index in [9.17, 15) is 19.5 Å². The van der Waals surface area contributed by atoms with Crippen LogP contribution in [-0.2, 0) is 19.1 Å². The second-order valence-corrected chi connectivity index (χ2v) is 10.9. The Hall–Kier alpha value is -1.71. The van der Waals surface area contributed by atoms with Gasteiger partial charge in [-0.05, 0) is 45.4 Å². The van der Waals surface area contributed by atoms with Gasteiger partial charge in [0.15, 0.2) is 5.72 Å². The molecule has 0 bridgehead atoms. The number of carbonyl (C=O) groups is 3.